The molecule has 0 unspecified atom stereocenters. The summed E-state index contributed by atoms with van der Waals surface area (Å²) in [6.45, 7) is 8.59. The van der Waals surface area contributed by atoms with Crippen LogP contribution in [0.2, 0.25) is 0 Å². The second kappa shape index (κ2) is 7.05. The smallest absolute Gasteiger partial charge is 0.225 e. The van der Waals surface area contributed by atoms with Crippen molar-refractivity contribution in [2.75, 3.05) is 13.1 Å². The van der Waals surface area contributed by atoms with Crippen LogP contribution in [0.5, 0.6) is 0 Å². The number of carbonyl (C=O) groups excluding carboxylic acids is 2. The van der Waals surface area contributed by atoms with Crippen molar-refractivity contribution < 1.29 is 9.59 Å². The minimum Gasteiger partial charge on any atom is -0.353 e. The Hall–Kier alpha value is -1.06. The monoisotopic (exact) mass is 334 g/mol. The highest BCUT2D eigenvalue weighted by atomic mass is 16.2. The summed E-state index contributed by atoms with van der Waals surface area (Å²) >= 11 is 0. The lowest BCUT2D eigenvalue weighted by Crippen LogP contribution is -2.48. The largest absolute Gasteiger partial charge is 0.353 e. The molecule has 0 atom stereocenters. The van der Waals surface area contributed by atoms with Gasteiger partial charge >= 0.3 is 0 Å². The molecule has 4 heteroatoms. The predicted octanol–water partition coefficient (Wildman–Crippen LogP) is 3.36. The van der Waals surface area contributed by atoms with E-state index in [1.54, 1.807) is 0 Å². The number of hydrogen-bond donors (Lipinski definition) is 1. The summed E-state index contributed by atoms with van der Waals surface area (Å²) in [5, 5.41) is 3.17. The molecule has 2 amide bonds. The number of hydrogen-bond acceptors (Lipinski definition) is 2. The van der Waals surface area contributed by atoms with E-state index in [0.717, 1.165) is 57.5 Å². The first-order valence-corrected chi connectivity index (χ1v) is 9.93. The molecule has 3 rings (SSSR count). The standard InChI is InChI=1S/C20H34N2O2/c1-20(2,3)16-8-6-15(7-9-16)19(24)22-12-10-17(11-13-22)21-18(23)14-4-5-14/h14-17H,4-13H2,1-3H3,(H,21,23). The summed E-state index contributed by atoms with van der Waals surface area (Å²) < 4.78 is 0. The minimum absolute atomic E-state index is 0.236. The van der Waals surface area contributed by atoms with E-state index in [4.69, 9.17) is 0 Å². The van der Waals surface area contributed by atoms with Gasteiger partial charge in [-0.15, -0.1) is 0 Å². The summed E-state index contributed by atoms with van der Waals surface area (Å²) in [6, 6.07) is 0.277. The van der Waals surface area contributed by atoms with E-state index in [1.807, 2.05) is 0 Å². The molecule has 24 heavy (non-hydrogen) atoms. The number of rotatable bonds is 3. The van der Waals surface area contributed by atoms with Gasteiger partial charge in [0.15, 0.2) is 0 Å². The SMILES string of the molecule is CC(C)(C)C1CCC(C(=O)N2CCC(NC(=O)C3CC3)CC2)CC1. The van der Waals surface area contributed by atoms with E-state index in [9.17, 15) is 9.59 Å². The molecule has 3 aliphatic rings. The Kier molecular flexibility index (Phi) is 5.22. The molecule has 3 fully saturated rings. The average Bonchev–Trinajstić information content (AvgIpc) is 3.39. The van der Waals surface area contributed by atoms with Crippen molar-refractivity contribution in [1.29, 1.82) is 0 Å². The molecule has 4 nitrogen and oxygen atoms in total. The molecule has 1 N–H and O–H groups in total. The van der Waals surface area contributed by atoms with Gasteiger partial charge in [-0.1, -0.05) is 20.8 Å². The number of piperidine rings is 1. The quantitative estimate of drug-likeness (QED) is 0.860. The maximum absolute atomic E-state index is 12.8. The zero-order valence-electron chi connectivity index (χ0n) is 15.6. The van der Waals surface area contributed by atoms with Crippen molar-refractivity contribution >= 4 is 11.8 Å². The maximum atomic E-state index is 12.8. The van der Waals surface area contributed by atoms with E-state index >= 15 is 0 Å². The molecule has 0 radical (unpaired) electrons. The lowest BCUT2D eigenvalue weighted by atomic mass is 9.69. The maximum Gasteiger partial charge on any atom is 0.225 e. The molecule has 1 aliphatic heterocycles. The van der Waals surface area contributed by atoms with Crippen molar-refractivity contribution in [1.82, 2.24) is 10.2 Å². The van der Waals surface area contributed by atoms with Gasteiger partial charge in [-0.25, -0.2) is 0 Å². The summed E-state index contributed by atoms with van der Waals surface area (Å²) in [5.41, 5.74) is 0.367. The molecule has 0 aromatic rings. The molecule has 0 aromatic carbocycles. The second-order valence-corrected chi connectivity index (χ2v) is 9.30. The van der Waals surface area contributed by atoms with Gasteiger partial charge in [0.25, 0.3) is 0 Å². The summed E-state index contributed by atoms with van der Waals surface area (Å²) in [6.07, 6.45) is 8.43. The number of likely N-dealkylation sites (tertiary alicyclic amines) is 1. The lowest BCUT2D eigenvalue weighted by molar-refractivity contribution is -0.138. The van der Waals surface area contributed by atoms with Crippen LogP contribution in [0.25, 0.3) is 0 Å². The van der Waals surface area contributed by atoms with Gasteiger partial charge in [-0.05, 0) is 62.7 Å². The fourth-order valence-electron chi connectivity index (χ4n) is 4.37. The number of amides is 2. The van der Waals surface area contributed by atoms with Gasteiger partial charge in [0.05, 0.1) is 0 Å². The molecular weight excluding hydrogens is 300 g/mol. The van der Waals surface area contributed by atoms with Gasteiger partial charge in [-0.3, -0.25) is 9.59 Å². The Labute approximate surface area is 146 Å². The van der Waals surface area contributed by atoms with Crippen LogP contribution in [0.1, 0.15) is 72.1 Å². The van der Waals surface area contributed by atoms with Gasteiger partial charge in [-0.2, -0.15) is 0 Å². The van der Waals surface area contributed by atoms with Crippen molar-refractivity contribution in [3.05, 3.63) is 0 Å². The molecule has 0 spiro atoms. The van der Waals surface area contributed by atoms with Crippen LogP contribution in [0, 0.1) is 23.2 Å². The summed E-state index contributed by atoms with van der Waals surface area (Å²) in [4.78, 5) is 26.7. The third kappa shape index (κ3) is 4.31. The van der Waals surface area contributed by atoms with Crippen LogP contribution < -0.4 is 5.32 Å². The highest BCUT2D eigenvalue weighted by molar-refractivity contribution is 5.81. The average molecular weight is 335 g/mol. The Balaban J connectivity index is 1.41. The van der Waals surface area contributed by atoms with Gasteiger partial charge in [0, 0.05) is 31.0 Å². The Morgan fingerprint density at radius 2 is 1.38 bits per heavy atom. The fraction of sp³-hybridized carbons (Fsp3) is 0.900. The molecule has 2 aliphatic carbocycles. The van der Waals surface area contributed by atoms with Crippen LogP contribution in [-0.2, 0) is 9.59 Å². The van der Waals surface area contributed by atoms with Crippen LogP contribution in [0.3, 0.4) is 0 Å². The molecule has 1 saturated heterocycles. The highest BCUT2D eigenvalue weighted by Gasteiger charge is 2.36. The highest BCUT2D eigenvalue weighted by Crippen LogP contribution is 2.40. The first-order valence-electron chi connectivity index (χ1n) is 9.93. The first-order chi connectivity index (χ1) is 11.3. The van der Waals surface area contributed by atoms with Crippen LogP contribution in [-0.4, -0.2) is 35.8 Å². The van der Waals surface area contributed by atoms with Crippen molar-refractivity contribution in [2.45, 2.75) is 78.2 Å². The molecule has 1 heterocycles. The van der Waals surface area contributed by atoms with E-state index < -0.39 is 0 Å². The van der Waals surface area contributed by atoms with Gasteiger partial charge < -0.3 is 10.2 Å². The van der Waals surface area contributed by atoms with Gasteiger partial charge in [0.2, 0.25) is 11.8 Å². The van der Waals surface area contributed by atoms with E-state index in [-0.39, 0.29) is 23.8 Å². The number of carbonyl (C=O) groups is 2. The molecule has 0 aromatic heterocycles. The van der Waals surface area contributed by atoms with Crippen LogP contribution in [0.15, 0.2) is 0 Å². The zero-order chi connectivity index (χ0) is 17.3. The first kappa shape index (κ1) is 17.8. The normalized spacial score (nSPS) is 29.4. The minimum atomic E-state index is 0.236. The Morgan fingerprint density at radius 3 is 1.88 bits per heavy atom. The zero-order valence-corrected chi connectivity index (χ0v) is 15.6. The molecule has 2 saturated carbocycles. The second-order valence-electron chi connectivity index (χ2n) is 9.30. The predicted molar refractivity (Wildman–Crippen MR) is 95.4 cm³/mol. The van der Waals surface area contributed by atoms with E-state index in [2.05, 4.69) is 31.0 Å². The third-order valence-corrected chi connectivity index (χ3v) is 6.40. The Bertz CT molecular complexity index is 463. The molecule has 136 valence electrons. The lowest BCUT2D eigenvalue weighted by Gasteiger charge is -2.39. The number of nitrogens with one attached hydrogen (secondary N) is 1. The molecular formula is C20H34N2O2. The van der Waals surface area contributed by atoms with E-state index in [1.165, 1.54) is 12.8 Å². The van der Waals surface area contributed by atoms with Crippen molar-refractivity contribution in [2.24, 2.45) is 23.2 Å². The van der Waals surface area contributed by atoms with E-state index in [0.29, 0.717) is 11.3 Å². The summed E-state index contributed by atoms with van der Waals surface area (Å²) in [7, 11) is 0. The molecule has 0 bridgehead atoms. The van der Waals surface area contributed by atoms with Crippen LogP contribution >= 0.6 is 0 Å². The number of nitrogens with zero attached hydrogens (tertiary/aromatic N) is 1. The fourth-order valence-corrected chi connectivity index (χ4v) is 4.37. The Morgan fingerprint density at radius 1 is 0.833 bits per heavy atom. The van der Waals surface area contributed by atoms with Gasteiger partial charge in [0.1, 0.15) is 0 Å². The topological polar surface area (TPSA) is 49.4 Å². The van der Waals surface area contributed by atoms with Crippen molar-refractivity contribution in [3.63, 3.8) is 0 Å². The summed E-state index contributed by atoms with van der Waals surface area (Å²) in [5.74, 6) is 1.88. The van der Waals surface area contributed by atoms with Crippen LogP contribution in [0.4, 0.5) is 0 Å². The van der Waals surface area contributed by atoms with Crippen molar-refractivity contribution in [3.8, 4) is 0 Å². The third-order valence-electron chi connectivity index (χ3n) is 6.40.